The minimum Gasteiger partial charge on any atom is -0.396 e. The van der Waals surface area contributed by atoms with Gasteiger partial charge in [0.25, 0.3) is 0 Å². The number of benzene rings is 1. The number of hydrogen-bond donors (Lipinski definition) is 2. The number of aliphatic hydroxyl groups excluding tert-OH is 1. The van der Waals surface area contributed by atoms with Gasteiger partial charge in [0.1, 0.15) is 0 Å². The monoisotopic (exact) mass is 358 g/mol. The zero-order chi connectivity index (χ0) is 18.0. The molecule has 1 aromatic rings. The molecule has 26 heavy (non-hydrogen) atoms. The zero-order valence-electron chi connectivity index (χ0n) is 15.9. The number of fused-ring (bicyclic) bond motifs is 1. The summed E-state index contributed by atoms with van der Waals surface area (Å²) in [4.78, 5) is 5.11. The largest absolute Gasteiger partial charge is 0.396 e. The Morgan fingerprint density at radius 1 is 1.04 bits per heavy atom. The first-order valence-corrected chi connectivity index (χ1v) is 10.5. The molecule has 1 aromatic carbocycles. The quantitative estimate of drug-likeness (QED) is 0.849. The van der Waals surface area contributed by atoms with Gasteiger partial charge in [0.2, 0.25) is 0 Å². The zero-order valence-corrected chi connectivity index (χ0v) is 15.9. The van der Waals surface area contributed by atoms with Crippen molar-refractivity contribution >= 4 is 0 Å². The molecular formula is C22H34N2O2. The van der Waals surface area contributed by atoms with E-state index < -0.39 is 5.60 Å². The van der Waals surface area contributed by atoms with Gasteiger partial charge < -0.3 is 10.2 Å². The molecule has 1 saturated carbocycles. The number of rotatable bonds is 5. The maximum absolute atomic E-state index is 11.3. The highest BCUT2D eigenvalue weighted by atomic mass is 16.3. The molecule has 2 N–H and O–H groups in total. The van der Waals surface area contributed by atoms with Crippen LogP contribution in [-0.2, 0) is 0 Å². The molecule has 0 aromatic heterocycles. The Labute approximate surface area is 157 Å². The molecular weight excluding hydrogens is 324 g/mol. The molecule has 2 saturated heterocycles. The van der Waals surface area contributed by atoms with Crippen molar-refractivity contribution in [2.45, 2.75) is 68.5 Å². The fourth-order valence-corrected chi connectivity index (χ4v) is 5.51. The van der Waals surface area contributed by atoms with Crippen molar-refractivity contribution in [2.75, 3.05) is 32.8 Å². The van der Waals surface area contributed by atoms with E-state index in [9.17, 15) is 10.2 Å². The van der Waals surface area contributed by atoms with Crippen LogP contribution in [0.3, 0.4) is 0 Å². The lowest BCUT2D eigenvalue weighted by molar-refractivity contribution is -0.0625. The van der Waals surface area contributed by atoms with Crippen molar-refractivity contribution in [3.8, 4) is 0 Å². The van der Waals surface area contributed by atoms with Crippen LogP contribution in [-0.4, -0.2) is 70.5 Å². The first-order valence-electron chi connectivity index (χ1n) is 10.5. The smallest absolute Gasteiger partial charge is 0.0774 e. The lowest BCUT2D eigenvalue weighted by Crippen LogP contribution is -2.60. The van der Waals surface area contributed by atoms with E-state index in [-0.39, 0.29) is 6.61 Å². The Morgan fingerprint density at radius 2 is 1.81 bits per heavy atom. The second-order valence-corrected chi connectivity index (χ2v) is 8.80. The van der Waals surface area contributed by atoms with Crippen LogP contribution >= 0.6 is 0 Å². The van der Waals surface area contributed by atoms with Crippen molar-refractivity contribution in [3.63, 3.8) is 0 Å². The van der Waals surface area contributed by atoms with E-state index in [0.717, 1.165) is 51.7 Å². The summed E-state index contributed by atoms with van der Waals surface area (Å²) >= 11 is 0. The molecule has 2 aliphatic heterocycles. The van der Waals surface area contributed by atoms with Gasteiger partial charge in [-0.25, -0.2) is 0 Å². The maximum Gasteiger partial charge on any atom is 0.0774 e. The van der Waals surface area contributed by atoms with Crippen LogP contribution < -0.4 is 0 Å². The van der Waals surface area contributed by atoms with Gasteiger partial charge in [-0.2, -0.15) is 0 Å². The van der Waals surface area contributed by atoms with Crippen LogP contribution in [0.25, 0.3) is 0 Å². The standard InChI is InChI=1S/C22H34N2O2/c25-14-10-21-15-23-13-4-7-20(23)16-24(21)17-22(26)11-8-19(9-12-22)18-5-2-1-3-6-18/h1-3,5-6,19-21,25-26H,4,7-17H2/t19?,20-,21+,22?/m1/s1. The second-order valence-electron chi connectivity index (χ2n) is 8.80. The summed E-state index contributed by atoms with van der Waals surface area (Å²) < 4.78 is 0. The molecule has 0 amide bonds. The number of aliphatic hydroxyl groups is 2. The summed E-state index contributed by atoms with van der Waals surface area (Å²) in [6.07, 6.45) is 7.35. The molecule has 3 fully saturated rings. The van der Waals surface area contributed by atoms with Crippen molar-refractivity contribution in [2.24, 2.45) is 0 Å². The summed E-state index contributed by atoms with van der Waals surface area (Å²) in [6.45, 7) is 4.37. The third-order valence-corrected chi connectivity index (χ3v) is 7.05. The van der Waals surface area contributed by atoms with Gasteiger partial charge in [0.05, 0.1) is 5.60 Å². The molecule has 4 nitrogen and oxygen atoms in total. The highest BCUT2D eigenvalue weighted by Crippen LogP contribution is 2.39. The highest BCUT2D eigenvalue weighted by Gasteiger charge is 2.41. The van der Waals surface area contributed by atoms with E-state index in [0.29, 0.717) is 18.0 Å². The van der Waals surface area contributed by atoms with Gasteiger partial charge >= 0.3 is 0 Å². The number of nitrogens with zero attached hydrogens (tertiary/aromatic N) is 2. The van der Waals surface area contributed by atoms with Crippen LogP contribution in [0.1, 0.15) is 56.4 Å². The van der Waals surface area contributed by atoms with Crippen LogP contribution in [0.5, 0.6) is 0 Å². The van der Waals surface area contributed by atoms with Gasteiger partial charge in [-0.05, 0) is 63.0 Å². The predicted molar refractivity (Wildman–Crippen MR) is 104 cm³/mol. The molecule has 4 heteroatoms. The van der Waals surface area contributed by atoms with Crippen molar-refractivity contribution < 1.29 is 10.2 Å². The van der Waals surface area contributed by atoms with Crippen molar-refractivity contribution in [3.05, 3.63) is 35.9 Å². The van der Waals surface area contributed by atoms with Crippen LogP contribution in [0, 0.1) is 0 Å². The van der Waals surface area contributed by atoms with E-state index in [1.807, 2.05) is 0 Å². The van der Waals surface area contributed by atoms with Gasteiger partial charge in [-0.1, -0.05) is 30.3 Å². The summed E-state index contributed by atoms with van der Waals surface area (Å²) in [7, 11) is 0. The lowest BCUT2D eigenvalue weighted by atomic mass is 9.75. The second kappa shape index (κ2) is 7.97. The summed E-state index contributed by atoms with van der Waals surface area (Å²) in [5.74, 6) is 0.594. The third-order valence-electron chi connectivity index (χ3n) is 7.05. The minimum absolute atomic E-state index is 0.244. The van der Waals surface area contributed by atoms with E-state index in [2.05, 4.69) is 40.1 Å². The molecule has 0 bridgehead atoms. The number of piperazine rings is 1. The fourth-order valence-electron chi connectivity index (χ4n) is 5.51. The van der Waals surface area contributed by atoms with Crippen molar-refractivity contribution in [1.82, 2.24) is 9.80 Å². The molecule has 0 spiro atoms. The molecule has 2 atom stereocenters. The average Bonchev–Trinajstić information content (AvgIpc) is 3.10. The minimum atomic E-state index is -0.556. The van der Waals surface area contributed by atoms with Gasteiger partial charge in [-0.3, -0.25) is 9.80 Å². The first kappa shape index (κ1) is 18.4. The van der Waals surface area contributed by atoms with E-state index in [1.165, 1.54) is 24.9 Å². The van der Waals surface area contributed by atoms with Gasteiger partial charge in [0.15, 0.2) is 0 Å². The normalized spacial score (nSPS) is 36.2. The van der Waals surface area contributed by atoms with E-state index in [4.69, 9.17) is 0 Å². The van der Waals surface area contributed by atoms with Gasteiger partial charge in [0, 0.05) is 38.3 Å². The Morgan fingerprint density at radius 3 is 2.54 bits per heavy atom. The molecule has 1 aliphatic carbocycles. The molecule has 2 heterocycles. The molecule has 0 unspecified atom stereocenters. The Bertz CT molecular complexity index is 571. The Hall–Kier alpha value is -0.940. The highest BCUT2D eigenvalue weighted by molar-refractivity contribution is 5.20. The maximum atomic E-state index is 11.3. The van der Waals surface area contributed by atoms with Crippen LogP contribution in [0.15, 0.2) is 30.3 Å². The average molecular weight is 359 g/mol. The summed E-state index contributed by atoms with van der Waals surface area (Å²) in [6, 6.07) is 11.8. The lowest BCUT2D eigenvalue weighted by Gasteiger charge is -2.48. The van der Waals surface area contributed by atoms with Crippen molar-refractivity contribution in [1.29, 1.82) is 0 Å². The molecule has 4 rings (SSSR count). The third kappa shape index (κ3) is 3.99. The Kier molecular flexibility index (Phi) is 5.65. The van der Waals surface area contributed by atoms with E-state index in [1.54, 1.807) is 0 Å². The topological polar surface area (TPSA) is 46.9 Å². The van der Waals surface area contributed by atoms with Crippen LogP contribution in [0.2, 0.25) is 0 Å². The van der Waals surface area contributed by atoms with Gasteiger partial charge in [-0.15, -0.1) is 0 Å². The molecule has 3 aliphatic rings. The Balaban J connectivity index is 1.37. The van der Waals surface area contributed by atoms with Crippen LogP contribution in [0.4, 0.5) is 0 Å². The summed E-state index contributed by atoms with van der Waals surface area (Å²) in [5, 5.41) is 20.8. The number of β-amino-alcohol motifs (C(OH)–C–C–N with tert-alkyl or cyclic N) is 1. The first-order chi connectivity index (χ1) is 12.7. The fraction of sp³-hybridized carbons (Fsp3) is 0.727. The predicted octanol–water partition coefficient (Wildman–Crippen LogP) is 2.61. The number of hydrogen-bond acceptors (Lipinski definition) is 4. The SMILES string of the molecule is OCC[C@H]1CN2CCC[C@@H]2CN1CC1(O)CCC(c2ccccc2)CC1. The molecule has 0 radical (unpaired) electrons. The summed E-state index contributed by atoms with van der Waals surface area (Å²) in [5.41, 5.74) is 0.868. The molecule has 144 valence electrons. The van der Waals surface area contributed by atoms with E-state index >= 15 is 0 Å².